The first-order valence-electron chi connectivity index (χ1n) is 8.27. The number of nitrogens with two attached hydrogens (primary N) is 1. The molecule has 1 saturated heterocycles. The Kier molecular flexibility index (Phi) is 7.87. The Morgan fingerprint density at radius 1 is 1.23 bits per heavy atom. The normalized spacial score (nSPS) is 18.7. The highest BCUT2D eigenvalue weighted by Crippen LogP contribution is 2.29. The minimum Gasteiger partial charge on any atom is -0.338 e. The molecule has 1 aliphatic heterocycles. The average Bonchev–Trinajstić information content (AvgIpc) is 3.04. The Bertz CT molecular complexity index is 711. The first kappa shape index (κ1) is 22.2. The molecular formula is C19H26Cl2N4O. The molecule has 1 unspecified atom stereocenters. The van der Waals surface area contributed by atoms with Gasteiger partial charge in [-0.05, 0) is 42.6 Å². The van der Waals surface area contributed by atoms with Gasteiger partial charge >= 0.3 is 0 Å². The number of hydrogen-bond donors (Lipinski definition) is 1. The van der Waals surface area contributed by atoms with E-state index in [0.29, 0.717) is 18.7 Å². The molecule has 1 aliphatic rings. The summed E-state index contributed by atoms with van der Waals surface area (Å²) in [5.74, 6) is 0.847. The van der Waals surface area contributed by atoms with Crippen LogP contribution in [0.15, 0.2) is 48.7 Å². The standard InChI is InChI=1S/C19H24N4O.2ClH/c1-19(13-20)10-11-23(14-19)18(24)15-8-9-17(21-12-15)22(2)16-6-4-3-5-7-16;;/h3-9,12H,10-11,13-14,20H2,1-2H3;2*1H. The number of aromatic nitrogens is 1. The van der Waals surface area contributed by atoms with Crippen molar-refractivity contribution in [3.05, 3.63) is 54.2 Å². The molecule has 26 heavy (non-hydrogen) atoms. The van der Waals surface area contributed by atoms with Gasteiger partial charge in [0.25, 0.3) is 5.91 Å². The van der Waals surface area contributed by atoms with Gasteiger partial charge in [-0.3, -0.25) is 4.79 Å². The van der Waals surface area contributed by atoms with Crippen LogP contribution in [0.3, 0.4) is 0 Å². The summed E-state index contributed by atoms with van der Waals surface area (Å²) in [5.41, 5.74) is 7.54. The molecule has 7 heteroatoms. The Labute approximate surface area is 167 Å². The quantitative estimate of drug-likeness (QED) is 0.858. The van der Waals surface area contributed by atoms with Crippen molar-refractivity contribution in [3.8, 4) is 0 Å². The summed E-state index contributed by atoms with van der Waals surface area (Å²) in [7, 11) is 1.96. The lowest BCUT2D eigenvalue weighted by molar-refractivity contribution is 0.0776. The maximum Gasteiger partial charge on any atom is 0.255 e. The lowest BCUT2D eigenvalue weighted by Crippen LogP contribution is -2.34. The number of amides is 1. The van der Waals surface area contributed by atoms with Crippen LogP contribution >= 0.6 is 24.8 Å². The molecule has 1 aromatic heterocycles. The van der Waals surface area contributed by atoms with Gasteiger partial charge in [0.05, 0.1) is 5.56 Å². The van der Waals surface area contributed by atoms with Gasteiger partial charge in [-0.25, -0.2) is 4.98 Å². The molecule has 1 amide bonds. The summed E-state index contributed by atoms with van der Waals surface area (Å²) in [6.07, 6.45) is 2.62. The van der Waals surface area contributed by atoms with Crippen molar-refractivity contribution in [3.63, 3.8) is 0 Å². The molecule has 0 spiro atoms. The van der Waals surface area contributed by atoms with Crippen LogP contribution in [0.5, 0.6) is 0 Å². The van der Waals surface area contributed by atoms with E-state index in [4.69, 9.17) is 5.73 Å². The SMILES string of the molecule is CN(c1ccccc1)c1ccc(C(=O)N2CCC(C)(CN)C2)cn1.Cl.Cl. The molecule has 2 heterocycles. The van der Waals surface area contributed by atoms with Crippen molar-refractivity contribution in [1.82, 2.24) is 9.88 Å². The van der Waals surface area contributed by atoms with Crippen molar-refractivity contribution in [2.24, 2.45) is 11.1 Å². The van der Waals surface area contributed by atoms with E-state index in [1.54, 1.807) is 6.20 Å². The number of anilines is 2. The largest absolute Gasteiger partial charge is 0.338 e. The Morgan fingerprint density at radius 3 is 2.46 bits per heavy atom. The highest BCUT2D eigenvalue weighted by Gasteiger charge is 2.35. The molecule has 3 rings (SSSR count). The van der Waals surface area contributed by atoms with Crippen molar-refractivity contribution in [1.29, 1.82) is 0 Å². The van der Waals surface area contributed by atoms with E-state index in [-0.39, 0.29) is 36.1 Å². The molecule has 1 atom stereocenters. The lowest BCUT2D eigenvalue weighted by atomic mass is 9.90. The third-order valence-corrected chi connectivity index (χ3v) is 4.82. The van der Waals surface area contributed by atoms with Crippen molar-refractivity contribution >= 4 is 42.2 Å². The molecule has 0 aliphatic carbocycles. The summed E-state index contributed by atoms with van der Waals surface area (Å²) in [6.45, 7) is 4.22. The summed E-state index contributed by atoms with van der Waals surface area (Å²) < 4.78 is 0. The number of carbonyl (C=O) groups is 1. The highest BCUT2D eigenvalue weighted by molar-refractivity contribution is 5.94. The minimum atomic E-state index is 0. The van der Waals surface area contributed by atoms with Crippen LogP contribution in [0.1, 0.15) is 23.7 Å². The Hall–Kier alpha value is -1.82. The predicted molar refractivity (Wildman–Crippen MR) is 111 cm³/mol. The number of pyridine rings is 1. The second kappa shape index (κ2) is 9.21. The zero-order chi connectivity index (χ0) is 17.2. The first-order chi connectivity index (χ1) is 11.5. The van der Waals surface area contributed by atoms with Crippen LogP contribution in [0.25, 0.3) is 0 Å². The van der Waals surface area contributed by atoms with Gasteiger partial charge < -0.3 is 15.5 Å². The van der Waals surface area contributed by atoms with Crippen LogP contribution < -0.4 is 10.6 Å². The van der Waals surface area contributed by atoms with E-state index in [1.807, 2.05) is 59.3 Å². The minimum absolute atomic E-state index is 0. The third-order valence-electron chi connectivity index (χ3n) is 4.82. The van der Waals surface area contributed by atoms with Gasteiger partial charge in [0, 0.05) is 32.0 Å². The molecule has 5 nitrogen and oxygen atoms in total. The summed E-state index contributed by atoms with van der Waals surface area (Å²) in [4.78, 5) is 21.0. The van der Waals surface area contributed by atoms with Gasteiger partial charge in [0.2, 0.25) is 0 Å². The Morgan fingerprint density at radius 2 is 1.92 bits per heavy atom. The van der Waals surface area contributed by atoms with E-state index in [2.05, 4.69) is 11.9 Å². The van der Waals surface area contributed by atoms with E-state index >= 15 is 0 Å². The number of likely N-dealkylation sites (tertiary alicyclic amines) is 1. The van der Waals surface area contributed by atoms with Crippen LogP contribution in [0.2, 0.25) is 0 Å². The number of carbonyl (C=O) groups excluding carboxylic acids is 1. The fraction of sp³-hybridized carbons (Fsp3) is 0.368. The molecule has 142 valence electrons. The second-order valence-electron chi connectivity index (χ2n) is 6.79. The van der Waals surface area contributed by atoms with Gasteiger partial charge in [-0.1, -0.05) is 25.1 Å². The van der Waals surface area contributed by atoms with Crippen LogP contribution in [0.4, 0.5) is 11.5 Å². The molecule has 2 N–H and O–H groups in total. The summed E-state index contributed by atoms with van der Waals surface area (Å²) in [6, 6.07) is 13.8. The van der Waals surface area contributed by atoms with Crippen LogP contribution in [-0.2, 0) is 0 Å². The monoisotopic (exact) mass is 396 g/mol. The average molecular weight is 397 g/mol. The maximum atomic E-state index is 12.6. The highest BCUT2D eigenvalue weighted by atomic mass is 35.5. The maximum absolute atomic E-state index is 12.6. The zero-order valence-electron chi connectivity index (χ0n) is 15.1. The van der Waals surface area contributed by atoms with E-state index < -0.39 is 0 Å². The van der Waals surface area contributed by atoms with Crippen LogP contribution in [0, 0.1) is 5.41 Å². The molecule has 2 aromatic rings. The van der Waals surface area contributed by atoms with Gasteiger partial charge in [-0.2, -0.15) is 0 Å². The topological polar surface area (TPSA) is 62.5 Å². The van der Waals surface area contributed by atoms with Crippen LogP contribution in [-0.4, -0.2) is 42.5 Å². The molecule has 1 aromatic carbocycles. The lowest BCUT2D eigenvalue weighted by Gasteiger charge is -2.23. The smallest absolute Gasteiger partial charge is 0.255 e. The summed E-state index contributed by atoms with van der Waals surface area (Å²) in [5, 5.41) is 0. The van der Waals surface area contributed by atoms with Gasteiger partial charge in [-0.15, -0.1) is 24.8 Å². The summed E-state index contributed by atoms with van der Waals surface area (Å²) >= 11 is 0. The molecular weight excluding hydrogens is 371 g/mol. The number of benzene rings is 1. The van der Waals surface area contributed by atoms with E-state index in [1.165, 1.54) is 0 Å². The number of hydrogen-bond acceptors (Lipinski definition) is 4. The van der Waals surface area contributed by atoms with Crippen molar-refractivity contribution in [2.45, 2.75) is 13.3 Å². The zero-order valence-corrected chi connectivity index (χ0v) is 16.7. The van der Waals surface area contributed by atoms with E-state index in [9.17, 15) is 4.79 Å². The number of rotatable bonds is 4. The fourth-order valence-corrected chi connectivity index (χ4v) is 3.04. The third kappa shape index (κ3) is 4.67. The number of halogens is 2. The van der Waals surface area contributed by atoms with E-state index in [0.717, 1.165) is 24.5 Å². The molecule has 0 saturated carbocycles. The number of para-hydroxylation sites is 1. The Balaban J connectivity index is 0.00000169. The van der Waals surface area contributed by atoms with Gasteiger partial charge in [0.15, 0.2) is 0 Å². The fourth-order valence-electron chi connectivity index (χ4n) is 3.04. The van der Waals surface area contributed by atoms with Gasteiger partial charge in [0.1, 0.15) is 5.82 Å². The van der Waals surface area contributed by atoms with Crippen molar-refractivity contribution < 1.29 is 4.79 Å². The van der Waals surface area contributed by atoms with Crippen molar-refractivity contribution in [2.75, 3.05) is 31.6 Å². The second-order valence-corrected chi connectivity index (χ2v) is 6.79. The molecule has 0 bridgehead atoms. The molecule has 1 fully saturated rings. The first-order valence-corrected chi connectivity index (χ1v) is 8.27. The number of nitrogens with zero attached hydrogens (tertiary/aromatic N) is 3. The molecule has 0 radical (unpaired) electrons. The predicted octanol–water partition coefficient (Wildman–Crippen LogP) is 3.50.